The maximum Gasteiger partial charge on any atom is 0.234 e. The number of ether oxygens (including phenoxy) is 1. The lowest BCUT2D eigenvalue weighted by Gasteiger charge is -2.32. The number of carbonyl (C=O) groups excluding carboxylic acids is 2. The summed E-state index contributed by atoms with van der Waals surface area (Å²) in [5, 5.41) is 5.79. The highest BCUT2D eigenvalue weighted by molar-refractivity contribution is 5.78. The molecule has 0 aromatic heterocycles. The van der Waals surface area contributed by atoms with E-state index in [1.165, 1.54) is 6.92 Å². The van der Waals surface area contributed by atoms with Crippen molar-refractivity contribution in [2.45, 2.75) is 25.8 Å². The van der Waals surface area contributed by atoms with E-state index in [0.717, 1.165) is 31.7 Å². The Labute approximate surface area is 137 Å². The van der Waals surface area contributed by atoms with Crippen LogP contribution < -0.4 is 15.4 Å². The predicted molar refractivity (Wildman–Crippen MR) is 88.2 cm³/mol. The van der Waals surface area contributed by atoms with Gasteiger partial charge in [-0.25, -0.2) is 0 Å². The van der Waals surface area contributed by atoms with Gasteiger partial charge in [0.05, 0.1) is 13.1 Å². The first kappa shape index (κ1) is 17.3. The molecule has 126 valence electrons. The van der Waals surface area contributed by atoms with Gasteiger partial charge < -0.3 is 15.4 Å². The highest BCUT2D eigenvalue weighted by Crippen LogP contribution is 2.09. The molecule has 1 aromatic rings. The number of hydrogen-bond acceptors (Lipinski definition) is 4. The van der Waals surface area contributed by atoms with Gasteiger partial charge in [0.1, 0.15) is 12.4 Å². The number of nitrogens with zero attached hydrogens (tertiary/aromatic N) is 1. The minimum absolute atomic E-state index is 0.00913. The third-order valence-electron chi connectivity index (χ3n) is 3.72. The number of piperidine rings is 1. The predicted octanol–water partition coefficient (Wildman–Crippen LogP) is 0.782. The van der Waals surface area contributed by atoms with Gasteiger partial charge in [-0.2, -0.15) is 0 Å². The molecule has 0 bridgehead atoms. The van der Waals surface area contributed by atoms with Crippen LogP contribution in [0, 0.1) is 0 Å². The van der Waals surface area contributed by atoms with E-state index >= 15 is 0 Å². The number of likely N-dealkylation sites (tertiary alicyclic amines) is 1. The van der Waals surface area contributed by atoms with Crippen molar-refractivity contribution < 1.29 is 14.3 Å². The molecule has 0 spiro atoms. The molecule has 1 aromatic carbocycles. The smallest absolute Gasteiger partial charge is 0.234 e. The lowest BCUT2D eigenvalue weighted by molar-refractivity contribution is -0.122. The lowest BCUT2D eigenvalue weighted by Crippen LogP contribution is -2.50. The maximum atomic E-state index is 12.0. The average Bonchev–Trinajstić information content (AvgIpc) is 2.52. The lowest BCUT2D eigenvalue weighted by atomic mass is 10.1. The fourth-order valence-corrected chi connectivity index (χ4v) is 2.74. The van der Waals surface area contributed by atoms with Crippen molar-refractivity contribution in [3.63, 3.8) is 0 Å². The van der Waals surface area contributed by atoms with Crippen molar-refractivity contribution in [1.29, 1.82) is 0 Å². The van der Waals surface area contributed by atoms with E-state index in [9.17, 15) is 9.59 Å². The number of amides is 2. The second-order valence-corrected chi connectivity index (χ2v) is 5.79. The first-order chi connectivity index (χ1) is 11.1. The zero-order chi connectivity index (χ0) is 16.5. The molecule has 6 heteroatoms. The molecule has 1 atom stereocenters. The molecule has 1 heterocycles. The second kappa shape index (κ2) is 9.15. The van der Waals surface area contributed by atoms with Crippen molar-refractivity contribution in [1.82, 2.24) is 15.5 Å². The van der Waals surface area contributed by atoms with Crippen molar-refractivity contribution in [3.05, 3.63) is 30.3 Å². The summed E-state index contributed by atoms with van der Waals surface area (Å²) in [7, 11) is 0. The van der Waals surface area contributed by atoms with E-state index in [-0.39, 0.29) is 17.9 Å². The van der Waals surface area contributed by atoms with Gasteiger partial charge >= 0.3 is 0 Å². The number of carbonyl (C=O) groups is 2. The Hall–Kier alpha value is -2.08. The molecular formula is C17H25N3O3. The van der Waals surface area contributed by atoms with Crippen LogP contribution in [0.4, 0.5) is 0 Å². The summed E-state index contributed by atoms with van der Waals surface area (Å²) < 4.78 is 5.53. The second-order valence-electron chi connectivity index (χ2n) is 5.79. The van der Waals surface area contributed by atoms with Crippen LogP contribution in [0.15, 0.2) is 30.3 Å². The van der Waals surface area contributed by atoms with Crippen LogP contribution in [0.3, 0.4) is 0 Å². The zero-order valence-corrected chi connectivity index (χ0v) is 13.6. The van der Waals surface area contributed by atoms with Gasteiger partial charge in [-0.1, -0.05) is 18.2 Å². The fourth-order valence-electron chi connectivity index (χ4n) is 2.74. The number of para-hydroxylation sites is 1. The van der Waals surface area contributed by atoms with E-state index in [1.54, 1.807) is 0 Å². The molecular weight excluding hydrogens is 294 g/mol. The molecule has 2 amide bonds. The van der Waals surface area contributed by atoms with Crippen molar-refractivity contribution in [3.8, 4) is 5.75 Å². The van der Waals surface area contributed by atoms with Crippen molar-refractivity contribution >= 4 is 11.8 Å². The van der Waals surface area contributed by atoms with E-state index in [1.807, 2.05) is 30.3 Å². The van der Waals surface area contributed by atoms with E-state index in [2.05, 4.69) is 15.5 Å². The molecule has 23 heavy (non-hydrogen) atoms. The molecule has 0 radical (unpaired) electrons. The van der Waals surface area contributed by atoms with Crippen molar-refractivity contribution in [2.75, 3.05) is 32.8 Å². The highest BCUT2D eigenvalue weighted by Gasteiger charge is 2.21. The molecule has 2 rings (SSSR count). The van der Waals surface area contributed by atoms with Crippen LogP contribution >= 0.6 is 0 Å². The summed E-state index contributed by atoms with van der Waals surface area (Å²) in [5.41, 5.74) is 0. The number of hydrogen-bond donors (Lipinski definition) is 2. The molecule has 6 nitrogen and oxygen atoms in total. The number of benzene rings is 1. The largest absolute Gasteiger partial charge is 0.492 e. The van der Waals surface area contributed by atoms with Gasteiger partial charge in [-0.05, 0) is 31.5 Å². The SMILES string of the molecule is CC(=O)NC1CCCN(CC(=O)NCCOc2ccccc2)C1. The molecule has 1 saturated heterocycles. The van der Waals surface area contributed by atoms with Crippen LogP contribution in [-0.2, 0) is 9.59 Å². The molecule has 1 aliphatic heterocycles. The Morgan fingerprint density at radius 3 is 2.83 bits per heavy atom. The van der Waals surface area contributed by atoms with Gasteiger partial charge in [0.25, 0.3) is 0 Å². The van der Waals surface area contributed by atoms with Crippen LogP contribution in [-0.4, -0.2) is 55.5 Å². The first-order valence-electron chi connectivity index (χ1n) is 8.07. The summed E-state index contributed by atoms with van der Waals surface area (Å²) in [5.74, 6) is 0.778. The van der Waals surface area contributed by atoms with Gasteiger partial charge in [-0.15, -0.1) is 0 Å². The van der Waals surface area contributed by atoms with Crippen LogP contribution in [0.1, 0.15) is 19.8 Å². The van der Waals surface area contributed by atoms with Gasteiger partial charge in [0.15, 0.2) is 0 Å². The fraction of sp³-hybridized carbons (Fsp3) is 0.529. The van der Waals surface area contributed by atoms with Crippen LogP contribution in [0.2, 0.25) is 0 Å². The molecule has 1 aliphatic rings. The number of rotatable bonds is 7. The Balaban J connectivity index is 1.61. The molecule has 0 saturated carbocycles. The summed E-state index contributed by atoms with van der Waals surface area (Å²) in [6.07, 6.45) is 1.97. The molecule has 1 unspecified atom stereocenters. The summed E-state index contributed by atoms with van der Waals surface area (Å²) in [6, 6.07) is 9.68. The summed E-state index contributed by atoms with van der Waals surface area (Å²) in [6.45, 7) is 4.44. The first-order valence-corrected chi connectivity index (χ1v) is 8.07. The van der Waals surface area contributed by atoms with Crippen LogP contribution in [0.25, 0.3) is 0 Å². The van der Waals surface area contributed by atoms with Crippen molar-refractivity contribution in [2.24, 2.45) is 0 Å². The monoisotopic (exact) mass is 319 g/mol. The summed E-state index contributed by atoms with van der Waals surface area (Å²) in [4.78, 5) is 25.1. The van der Waals surface area contributed by atoms with Crippen LogP contribution in [0.5, 0.6) is 5.75 Å². The highest BCUT2D eigenvalue weighted by atomic mass is 16.5. The van der Waals surface area contributed by atoms with Gasteiger partial charge in [-0.3, -0.25) is 14.5 Å². The third-order valence-corrected chi connectivity index (χ3v) is 3.72. The third kappa shape index (κ3) is 6.69. The minimum atomic E-state index is -0.0145. The Bertz CT molecular complexity index is 507. The average molecular weight is 319 g/mol. The topological polar surface area (TPSA) is 70.7 Å². The van der Waals surface area contributed by atoms with E-state index < -0.39 is 0 Å². The standard InChI is InChI=1S/C17H25N3O3/c1-14(21)19-15-6-5-10-20(12-15)13-17(22)18-9-11-23-16-7-3-2-4-8-16/h2-4,7-8,15H,5-6,9-13H2,1H3,(H,18,22)(H,19,21). The molecule has 2 N–H and O–H groups in total. The van der Waals surface area contributed by atoms with E-state index in [0.29, 0.717) is 19.7 Å². The Kier molecular flexibility index (Phi) is 6.87. The Morgan fingerprint density at radius 1 is 1.30 bits per heavy atom. The molecule has 0 aliphatic carbocycles. The minimum Gasteiger partial charge on any atom is -0.492 e. The Morgan fingerprint density at radius 2 is 2.09 bits per heavy atom. The maximum absolute atomic E-state index is 12.0. The molecule has 1 fully saturated rings. The summed E-state index contributed by atoms with van der Waals surface area (Å²) >= 11 is 0. The quantitative estimate of drug-likeness (QED) is 0.729. The van der Waals surface area contributed by atoms with Gasteiger partial charge in [0.2, 0.25) is 11.8 Å². The van der Waals surface area contributed by atoms with E-state index in [4.69, 9.17) is 4.74 Å². The number of nitrogens with one attached hydrogen (secondary N) is 2. The van der Waals surface area contributed by atoms with Gasteiger partial charge in [0, 0.05) is 19.5 Å². The normalized spacial score (nSPS) is 18.2. The zero-order valence-electron chi connectivity index (χ0n) is 13.6.